The molecule has 0 aliphatic carbocycles. The van der Waals surface area contributed by atoms with Crippen molar-refractivity contribution in [3.8, 4) is 0 Å². The molecule has 1 aromatic rings. The van der Waals surface area contributed by atoms with Crippen LogP contribution in [0.25, 0.3) is 0 Å². The third-order valence-corrected chi connectivity index (χ3v) is 3.91. The van der Waals surface area contributed by atoms with Gasteiger partial charge in [-0.05, 0) is 12.1 Å². The van der Waals surface area contributed by atoms with Crippen molar-refractivity contribution in [2.75, 3.05) is 0 Å². The van der Waals surface area contributed by atoms with Crippen LogP contribution in [0.3, 0.4) is 0 Å². The zero-order valence-electron chi connectivity index (χ0n) is 4.88. The van der Waals surface area contributed by atoms with Crippen LogP contribution in [0.15, 0.2) is 35.2 Å². The summed E-state index contributed by atoms with van der Waals surface area (Å²) in [5, 5.41) is 0. The summed E-state index contributed by atoms with van der Waals surface area (Å²) in [5.74, 6) is 0. The molecule has 0 atom stereocenters. The van der Waals surface area contributed by atoms with Gasteiger partial charge in [0.2, 0.25) is 0 Å². The van der Waals surface area contributed by atoms with Crippen LogP contribution in [-0.2, 0) is 0 Å². The number of hydrogen-bond acceptors (Lipinski definition) is 1. The van der Waals surface area contributed by atoms with Gasteiger partial charge in [0.25, 0.3) is 0 Å². The van der Waals surface area contributed by atoms with E-state index in [1.54, 1.807) is 0 Å². The highest BCUT2D eigenvalue weighted by Crippen LogP contribution is 2.27. The minimum Gasteiger partial charge on any atom is -0.0622 e. The fourth-order valence-corrected chi connectivity index (χ4v) is 2.88. The number of rotatable bonds is 2. The molecule has 0 amide bonds. The lowest BCUT2D eigenvalue weighted by atomic mass is 10.4. The van der Waals surface area contributed by atoms with Crippen molar-refractivity contribution in [1.82, 2.24) is 0 Å². The molecule has 1 rings (SSSR count). The van der Waals surface area contributed by atoms with E-state index in [1.165, 1.54) is 4.90 Å². The second-order valence-electron chi connectivity index (χ2n) is 1.50. The van der Waals surface area contributed by atoms with E-state index in [0.717, 1.165) is 0 Å². The second kappa shape index (κ2) is 4.06. The first-order valence-electron chi connectivity index (χ1n) is 2.54. The Morgan fingerprint density at radius 3 is 2.44 bits per heavy atom. The normalized spacial score (nSPS) is 9.33. The van der Waals surface area contributed by atoms with Gasteiger partial charge in [-0.1, -0.05) is 51.0 Å². The summed E-state index contributed by atoms with van der Waals surface area (Å²) in [4.78, 5) is 1.35. The standard InChI is InChI=1S/C7H7IS/c1-8-9-7-5-3-2-4-6-7/h2-6H,1H2. The number of hydrogen-bond donors (Lipinski definition) is 0. The maximum atomic E-state index is 3.85. The van der Waals surface area contributed by atoms with Gasteiger partial charge in [0.05, 0.1) is 0 Å². The summed E-state index contributed by atoms with van der Waals surface area (Å²) in [5.41, 5.74) is 0. The molecule has 0 unspecified atom stereocenters. The van der Waals surface area contributed by atoms with Crippen LogP contribution in [0, 0.1) is 0 Å². The molecular weight excluding hydrogens is 243 g/mol. The fraction of sp³-hybridized carbons (Fsp3) is 0. The first-order chi connectivity index (χ1) is 4.43. The molecule has 0 N–H and O–H groups in total. The number of halogens is 1. The predicted octanol–water partition coefficient (Wildman–Crippen LogP) is 3.10. The van der Waals surface area contributed by atoms with E-state index in [0.29, 0.717) is 0 Å². The summed E-state index contributed by atoms with van der Waals surface area (Å²) < 4.78 is 3.85. The SMILES string of the molecule is C=ISc1ccccc1. The molecule has 0 aliphatic rings. The van der Waals surface area contributed by atoms with Gasteiger partial charge in [-0.2, -0.15) is 0 Å². The second-order valence-corrected chi connectivity index (χ2v) is 5.53. The van der Waals surface area contributed by atoms with Gasteiger partial charge in [0, 0.05) is 4.90 Å². The first-order valence-corrected chi connectivity index (χ1v) is 7.42. The molecule has 0 aromatic heterocycles. The van der Waals surface area contributed by atoms with Crippen molar-refractivity contribution in [2.24, 2.45) is 0 Å². The zero-order valence-corrected chi connectivity index (χ0v) is 7.85. The number of benzene rings is 1. The molecule has 0 spiro atoms. The topological polar surface area (TPSA) is 0 Å². The highest BCUT2D eigenvalue weighted by atomic mass is 127. The summed E-state index contributed by atoms with van der Waals surface area (Å²) in [7, 11) is 1.87. The lowest BCUT2D eigenvalue weighted by Gasteiger charge is -1.89. The van der Waals surface area contributed by atoms with Gasteiger partial charge in [-0.3, -0.25) is 0 Å². The molecule has 0 saturated heterocycles. The Morgan fingerprint density at radius 2 is 1.89 bits per heavy atom. The van der Waals surface area contributed by atoms with Crippen molar-refractivity contribution >= 4 is 32.8 Å². The average Bonchev–Trinajstić information content (AvgIpc) is 1.91. The third-order valence-electron chi connectivity index (χ3n) is 0.887. The molecular formula is C7H7IS. The molecule has 0 saturated carbocycles. The Kier molecular flexibility index (Phi) is 3.28. The van der Waals surface area contributed by atoms with Crippen LogP contribution in [0.1, 0.15) is 0 Å². The van der Waals surface area contributed by atoms with Crippen LogP contribution in [-0.4, -0.2) is 4.51 Å². The Morgan fingerprint density at radius 1 is 1.22 bits per heavy atom. The summed E-state index contributed by atoms with van der Waals surface area (Å²) >= 11 is 0.0954. The van der Waals surface area contributed by atoms with Crippen molar-refractivity contribution in [1.29, 1.82) is 0 Å². The smallest absolute Gasteiger partial charge is 0.0174 e. The highest BCUT2D eigenvalue weighted by Gasteiger charge is 1.83. The zero-order chi connectivity index (χ0) is 6.53. The molecule has 1 aromatic carbocycles. The predicted molar refractivity (Wildman–Crippen MR) is 53.4 cm³/mol. The molecule has 48 valence electrons. The molecule has 9 heavy (non-hydrogen) atoms. The molecule has 0 heterocycles. The molecule has 0 fully saturated rings. The maximum Gasteiger partial charge on any atom is 0.0174 e. The van der Waals surface area contributed by atoms with E-state index in [-0.39, 0.29) is 19.3 Å². The minimum absolute atomic E-state index is 0.0954. The van der Waals surface area contributed by atoms with Crippen LogP contribution in [0.5, 0.6) is 0 Å². The van der Waals surface area contributed by atoms with E-state index in [9.17, 15) is 0 Å². The molecule has 0 nitrogen and oxygen atoms in total. The Hall–Kier alpha value is 0.170. The van der Waals surface area contributed by atoms with Gasteiger partial charge in [-0.25, -0.2) is 0 Å². The van der Waals surface area contributed by atoms with Crippen molar-refractivity contribution < 1.29 is 0 Å². The fourth-order valence-electron chi connectivity index (χ4n) is 0.535. The Bertz CT molecular complexity index is 183. The van der Waals surface area contributed by atoms with Crippen LogP contribution < -0.4 is 0 Å². The van der Waals surface area contributed by atoms with Crippen molar-refractivity contribution in [2.45, 2.75) is 4.90 Å². The third kappa shape index (κ3) is 2.49. The van der Waals surface area contributed by atoms with Gasteiger partial charge < -0.3 is 0 Å². The van der Waals surface area contributed by atoms with Gasteiger partial charge in [0.1, 0.15) is 0 Å². The summed E-state index contributed by atoms with van der Waals surface area (Å²) in [6.07, 6.45) is 0. The lowest BCUT2D eigenvalue weighted by molar-refractivity contribution is 1.48. The quantitative estimate of drug-likeness (QED) is 0.727. The van der Waals surface area contributed by atoms with E-state index >= 15 is 0 Å². The Labute approximate surface area is 67.9 Å². The molecule has 2 heteroatoms. The molecule has 0 aliphatic heterocycles. The van der Waals surface area contributed by atoms with Crippen LogP contribution >= 0.6 is 28.3 Å². The van der Waals surface area contributed by atoms with Crippen LogP contribution in [0.2, 0.25) is 0 Å². The van der Waals surface area contributed by atoms with E-state index in [4.69, 9.17) is 0 Å². The Balaban J connectivity index is 2.72. The van der Waals surface area contributed by atoms with Gasteiger partial charge in [-0.15, -0.1) is 0 Å². The molecule has 0 radical (unpaired) electrons. The first kappa shape index (κ1) is 7.28. The maximum absolute atomic E-state index is 3.85. The van der Waals surface area contributed by atoms with E-state index in [2.05, 4.69) is 28.8 Å². The summed E-state index contributed by atoms with van der Waals surface area (Å²) in [6.45, 7) is 0. The monoisotopic (exact) mass is 250 g/mol. The van der Waals surface area contributed by atoms with Gasteiger partial charge >= 0.3 is 0 Å². The summed E-state index contributed by atoms with van der Waals surface area (Å²) in [6, 6.07) is 10.4. The average molecular weight is 250 g/mol. The van der Waals surface area contributed by atoms with Crippen molar-refractivity contribution in [3.63, 3.8) is 0 Å². The lowest BCUT2D eigenvalue weighted by Crippen LogP contribution is -1.60. The van der Waals surface area contributed by atoms with Crippen LogP contribution in [0.4, 0.5) is 0 Å². The minimum atomic E-state index is 0.0954. The largest absolute Gasteiger partial charge is 0.0622 e. The molecule has 0 bridgehead atoms. The van der Waals surface area contributed by atoms with E-state index < -0.39 is 0 Å². The van der Waals surface area contributed by atoms with Crippen molar-refractivity contribution in [3.05, 3.63) is 30.3 Å². The van der Waals surface area contributed by atoms with Gasteiger partial charge in [0.15, 0.2) is 0 Å². The van der Waals surface area contributed by atoms with E-state index in [1.807, 2.05) is 15.0 Å². The highest BCUT2D eigenvalue weighted by molar-refractivity contribution is 14.2.